The summed E-state index contributed by atoms with van der Waals surface area (Å²) in [5.74, 6) is -1.15. The predicted molar refractivity (Wildman–Crippen MR) is 80.5 cm³/mol. The highest BCUT2D eigenvalue weighted by atomic mass is 32.1. The third-order valence-electron chi connectivity index (χ3n) is 3.75. The molecule has 3 rings (SSSR count). The summed E-state index contributed by atoms with van der Waals surface area (Å²) < 4.78 is 0. The van der Waals surface area contributed by atoms with E-state index in [0.29, 0.717) is 17.8 Å². The first-order valence-electron chi connectivity index (χ1n) is 6.73. The van der Waals surface area contributed by atoms with Crippen LogP contribution in [0.2, 0.25) is 0 Å². The van der Waals surface area contributed by atoms with E-state index < -0.39 is 12.0 Å². The number of hydrogen-bond acceptors (Lipinski definition) is 3. The first kappa shape index (κ1) is 13.8. The van der Waals surface area contributed by atoms with E-state index in [9.17, 15) is 14.7 Å². The van der Waals surface area contributed by atoms with E-state index >= 15 is 0 Å². The summed E-state index contributed by atoms with van der Waals surface area (Å²) in [7, 11) is 0. The molecule has 1 atom stereocenters. The molecule has 1 aromatic heterocycles. The van der Waals surface area contributed by atoms with Crippen molar-refractivity contribution < 1.29 is 14.7 Å². The molecule has 0 bridgehead atoms. The van der Waals surface area contributed by atoms with Gasteiger partial charge in [0.2, 0.25) is 0 Å². The molecule has 1 aliphatic rings. The Labute approximate surface area is 126 Å². The fraction of sp³-hybridized carbons (Fsp3) is 0.250. The summed E-state index contributed by atoms with van der Waals surface area (Å²) in [5.41, 5.74) is 2.04. The maximum atomic E-state index is 12.6. The second-order valence-electron chi connectivity index (χ2n) is 5.17. The van der Waals surface area contributed by atoms with E-state index in [4.69, 9.17) is 0 Å². The van der Waals surface area contributed by atoms with Gasteiger partial charge in [-0.1, -0.05) is 24.3 Å². The minimum absolute atomic E-state index is 0.199. The van der Waals surface area contributed by atoms with E-state index in [2.05, 4.69) is 0 Å². The van der Waals surface area contributed by atoms with Crippen molar-refractivity contribution >= 4 is 23.2 Å². The average molecular weight is 301 g/mol. The molecule has 1 aliphatic heterocycles. The molecule has 1 N–H and O–H groups in total. The van der Waals surface area contributed by atoms with E-state index in [1.54, 1.807) is 6.07 Å². The van der Waals surface area contributed by atoms with Crippen LogP contribution in [0.15, 0.2) is 36.4 Å². The van der Waals surface area contributed by atoms with Gasteiger partial charge in [-0.05, 0) is 30.2 Å². The highest BCUT2D eigenvalue weighted by molar-refractivity contribution is 7.13. The number of thiophene rings is 1. The lowest BCUT2D eigenvalue weighted by Gasteiger charge is -2.34. The topological polar surface area (TPSA) is 57.6 Å². The smallest absolute Gasteiger partial charge is 0.326 e. The van der Waals surface area contributed by atoms with E-state index in [1.165, 1.54) is 16.2 Å². The molecule has 2 aromatic rings. The molecule has 0 radical (unpaired) electrons. The molecule has 4 nitrogen and oxygen atoms in total. The van der Waals surface area contributed by atoms with Crippen LogP contribution in [0.25, 0.3) is 0 Å². The zero-order valence-electron chi connectivity index (χ0n) is 11.6. The van der Waals surface area contributed by atoms with Crippen LogP contribution < -0.4 is 0 Å². The number of carbonyl (C=O) groups is 2. The Kier molecular flexibility index (Phi) is 3.51. The van der Waals surface area contributed by atoms with E-state index in [1.807, 2.05) is 37.3 Å². The van der Waals surface area contributed by atoms with Crippen LogP contribution in [0.5, 0.6) is 0 Å². The Hall–Kier alpha value is -2.14. The Balaban J connectivity index is 1.96. The Morgan fingerprint density at radius 3 is 2.52 bits per heavy atom. The molecule has 108 valence electrons. The van der Waals surface area contributed by atoms with Gasteiger partial charge >= 0.3 is 5.97 Å². The van der Waals surface area contributed by atoms with Crippen molar-refractivity contribution in [2.45, 2.75) is 25.9 Å². The molecule has 0 fully saturated rings. The summed E-state index contributed by atoms with van der Waals surface area (Å²) >= 11 is 1.40. The highest BCUT2D eigenvalue weighted by Gasteiger charge is 2.35. The number of amides is 1. The average Bonchev–Trinajstić information content (AvgIpc) is 2.91. The van der Waals surface area contributed by atoms with E-state index in [-0.39, 0.29) is 5.91 Å². The van der Waals surface area contributed by atoms with Gasteiger partial charge in [-0.15, -0.1) is 11.3 Å². The molecule has 1 amide bonds. The number of fused-ring (bicyclic) bond motifs is 1. The third-order valence-corrected chi connectivity index (χ3v) is 4.73. The molecule has 0 aliphatic carbocycles. The van der Waals surface area contributed by atoms with Gasteiger partial charge in [-0.3, -0.25) is 4.79 Å². The first-order chi connectivity index (χ1) is 10.1. The lowest BCUT2D eigenvalue weighted by atomic mass is 9.94. The summed E-state index contributed by atoms with van der Waals surface area (Å²) in [6, 6.07) is 10.5. The van der Waals surface area contributed by atoms with Crippen LogP contribution in [0.1, 0.15) is 25.7 Å². The summed E-state index contributed by atoms with van der Waals surface area (Å²) in [4.78, 5) is 27.2. The first-order valence-corrected chi connectivity index (χ1v) is 7.55. The number of benzene rings is 1. The van der Waals surface area contributed by atoms with Crippen LogP contribution in [-0.4, -0.2) is 27.9 Å². The van der Waals surface area contributed by atoms with Gasteiger partial charge in [0.15, 0.2) is 0 Å². The maximum Gasteiger partial charge on any atom is 0.326 e. The molecule has 2 heterocycles. The number of carboxylic acids is 1. The van der Waals surface area contributed by atoms with Crippen molar-refractivity contribution in [3.8, 4) is 0 Å². The van der Waals surface area contributed by atoms with Gasteiger partial charge in [0.1, 0.15) is 6.04 Å². The summed E-state index contributed by atoms with van der Waals surface area (Å²) in [6.07, 6.45) is 0.363. The van der Waals surface area contributed by atoms with Crippen molar-refractivity contribution in [3.63, 3.8) is 0 Å². The lowest BCUT2D eigenvalue weighted by molar-refractivity contribution is -0.142. The molecule has 0 spiro atoms. The van der Waals surface area contributed by atoms with Gasteiger partial charge in [0.25, 0.3) is 5.91 Å². The number of nitrogens with zero attached hydrogens (tertiary/aromatic N) is 1. The number of hydrogen-bond donors (Lipinski definition) is 1. The monoisotopic (exact) mass is 301 g/mol. The van der Waals surface area contributed by atoms with Gasteiger partial charge < -0.3 is 10.0 Å². The van der Waals surface area contributed by atoms with Crippen molar-refractivity contribution in [1.82, 2.24) is 4.90 Å². The fourth-order valence-corrected chi connectivity index (χ4v) is 3.47. The predicted octanol–water partition coefficient (Wildman–Crippen LogP) is 2.71. The number of carbonyl (C=O) groups excluding carboxylic acids is 1. The Morgan fingerprint density at radius 2 is 1.90 bits per heavy atom. The molecule has 21 heavy (non-hydrogen) atoms. The molecular formula is C16H15NO3S. The van der Waals surface area contributed by atoms with E-state index in [0.717, 1.165) is 16.0 Å². The fourth-order valence-electron chi connectivity index (χ4n) is 2.65. The third kappa shape index (κ3) is 2.56. The van der Waals surface area contributed by atoms with Crippen LogP contribution in [-0.2, 0) is 17.8 Å². The second kappa shape index (κ2) is 5.33. The van der Waals surface area contributed by atoms with Crippen LogP contribution >= 0.6 is 11.3 Å². The van der Waals surface area contributed by atoms with Crippen molar-refractivity contribution in [1.29, 1.82) is 0 Å². The quantitative estimate of drug-likeness (QED) is 0.928. The van der Waals surface area contributed by atoms with Crippen molar-refractivity contribution in [3.05, 3.63) is 57.3 Å². The minimum Gasteiger partial charge on any atom is -0.480 e. The second-order valence-corrected chi connectivity index (χ2v) is 6.46. The van der Waals surface area contributed by atoms with Gasteiger partial charge in [0.05, 0.1) is 4.88 Å². The summed E-state index contributed by atoms with van der Waals surface area (Å²) in [6.45, 7) is 2.28. The molecular weight excluding hydrogens is 286 g/mol. The minimum atomic E-state index is -0.953. The largest absolute Gasteiger partial charge is 0.480 e. The molecule has 1 aromatic carbocycles. The van der Waals surface area contributed by atoms with Crippen molar-refractivity contribution in [2.24, 2.45) is 0 Å². The Bertz CT molecular complexity index is 707. The SMILES string of the molecule is Cc1ccc(C(=O)N2Cc3ccccc3C[C@@H]2C(=O)O)s1. The van der Waals surface area contributed by atoms with Crippen LogP contribution in [0, 0.1) is 6.92 Å². The lowest BCUT2D eigenvalue weighted by Crippen LogP contribution is -2.48. The number of aryl methyl sites for hydroxylation is 1. The van der Waals surface area contributed by atoms with Crippen LogP contribution in [0.4, 0.5) is 0 Å². The van der Waals surface area contributed by atoms with Gasteiger partial charge in [-0.2, -0.15) is 0 Å². The van der Waals surface area contributed by atoms with Gasteiger partial charge in [-0.25, -0.2) is 4.79 Å². The molecule has 0 unspecified atom stereocenters. The standard InChI is InChI=1S/C16H15NO3S/c1-10-6-7-14(21-10)15(18)17-9-12-5-3-2-4-11(12)8-13(17)16(19)20/h2-7,13H,8-9H2,1H3,(H,19,20)/t13-/m1/s1. The summed E-state index contributed by atoms with van der Waals surface area (Å²) in [5, 5.41) is 9.44. The maximum absolute atomic E-state index is 12.6. The highest BCUT2D eigenvalue weighted by Crippen LogP contribution is 2.27. The zero-order valence-corrected chi connectivity index (χ0v) is 12.4. The number of rotatable bonds is 2. The normalized spacial score (nSPS) is 17.4. The Morgan fingerprint density at radius 1 is 1.19 bits per heavy atom. The van der Waals surface area contributed by atoms with Gasteiger partial charge in [0, 0.05) is 17.8 Å². The zero-order chi connectivity index (χ0) is 15.0. The van der Waals surface area contributed by atoms with Crippen LogP contribution in [0.3, 0.4) is 0 Å². The molecule has 0 saturated heterocycles. The molecule has 0 saturated carbocycles. The number of carboxylic acid groups (broad SMARTS) is 1. The van der Waals surface area contributed by atoms with Crippen molar-refractivity contribution in [2.75, 3.05) is 0 Å². The number of aliphatic carboxylic acids is 1. The molecule has 5 heteroatoms.